The highest BCUT2D eigenvalue weighted by molar-refractivity contribution is 7.99. The molecule has 1 atom stereocenters. The summed E-state index contributed by atoms with van der Waals surface area (Å²) in [6, 6.07) is 63.5. The normalized spacial score (nSPS) is 15.5. The van der Waals surface area contributed by atoms with Crippen molar-refractivity contribution in [1.82, 2.24) is 14.5 Å². The summed E-state index contributed by atoms with van der Waals surface area (Å²) in [5.74, 6) is 0.720. The van der Waals surface area contributed by atoms with Crippen LogP contribution in [-0.4, -0.2) is 14.5 Å². The van der Waals surface area contributed by atoms with Crippen molar-refractivity contribution in [2.45, 2.75) is 15.2 Å². The van der Waals surface area contributed by atoms with Gasteiger partial charge in [-0.1, -0.05) is 163 Å². The van der Waals surface area contributed by atoms with Gasteiger partial charge in [0.15, 0.2) is 5.82 Å². The molecule has 0 N–H and O–H groups in total. The van der Waals surface area contributed by atoms with E-state index < -0.39 is 5.41 Å². The molecule has 9 aromatic rings. The lowest BCUT2D eigenvalue weighted by Crippen LogP contribution is -2.37. The van der Waals surface area contributed by atoms with Gasteiger partial charge in [0.25, 0.3) is 0 Å². The van der Waals surface area contributed by atoms with E-state index in [2.05, 4.69) is 168 Å². The van der Waals surface area contributed by atoms with Gasteiger partial charge in [0, 0.05) is 37.3 Å². The van der Waals surface area contributed by atoms with Crippen LogP contribution in [0.1, 0.15) is 22.3 Å². The Labute approximate surface area is 299 Å². The smallest absolute Gasteiger partial charge is 0.160 e. The molecular weight excluding hydrogens is 639 g/mol. The van der Waals surface area contributed by atoms with Crippen LogP contribution in [0.3, 0.4) is 0 Å². The fraction of sp³-hybridized carbons (Fsp3) is 0.0213. The number of para-hydroxylation sites is 3. The monoisotopic (exact) mass is 667 g/mol. The van der Waals surface area contributed by atoms with E-state index in [-0.39, 0.29) is 0 Å². The van der Waals surface area contributed by atoms with Crippen LogP contribution in [-0.2, 0) is 5.41 Å². The Bertz CT molecular complexity index is 2780. The summed E-state index contributed by atoms with van der Waals surface area (Å²) in [6.07, 6.45) is 0. The molecule has 0 aliphatic carbocycles. The van der Waals surface area contributed by atoms with E-state index in [9.17, 15) is 0 Å². The Hall–Kier alpha value is -6.23. The van der Waals surface area contributed by atoms with Crippen LogP contribution in [0.4, 0.5) is 0 Å². The van der Waals surface area contributed by atoms with Crippen LogP contribution in [0.2, 0.25) is 0 Å². The number of hydrogen-bond acceptors (Lipinski definition) is 3. The number of benzene rings is 7. The first-order chi connectivity index (χ1) is 25.3. The minimum absolute atomic E-state index is 0.550. The molecule has 4 heterocycles. The van der Waals surface area contributed by atoms with Gasteiger partial charge in [0.1, 0.15) is 0 Å². The summed E-state index contributed by atoms with van der Waals surface area (Å²) >= 11 is 1.86. The Morgan fingerprint density at radius 3 is 1.96 bits per heavy atom. The second-order valence-corrected chi connectivity index (χ2v) is 14.3. The third kappa shape index (κ3) is 3.97. The highest BCUT2D eigenvalue weighted by Gasteiger charge is 2.49. The van der Waals surface area contributed by atoms with E-state index >= 15 is 0 Å². The third-order valence-corrected chi connectivity index (χ3v) is 11.9. The average molecular weight is 668 g/mol. The maximum absolute atomic E-state index is 5.32. The van der Waals surface area contributed by atoms with Crippen molar-refractivity contribution in [2.75, 3.05) is 0 Å². The summed E-state index contributed by atoms with van der Waals surface area (Å²) in [4.78, 5) is 12.9. The summed E-state index contributed by atoms with van der Waals surface area (Å²) < 4.78 is 2.50. The minimum atomic E-state index is -0.550. The largest absolute Gasteiger partial charge is 0.309 e. The van der Waals surface area contributed by atoms with Crippen LogP contribution >= 0.6 is 11.8 Å². The number of hydrogen-bond donors (Lipinski definition) is 0. The fourth-order valence-corrected chi connectivity index (χ4v) is 9.92. The Morgan fingerprint density at radius 2 is 1.10 bits per heavy atom. The van der Waals surface area contributed by atoms with Crippen LogP contribution < -0.4 is 0 Å². The van der Waals surface area contributed by atoms with E-state index in [1.807, 2.05) is 23.9 Å². The zero-order valence-electron chi connectivity index (χ0n) is 27.5. The summed E-state index contributed by atoms with van der Waals surface area (Å²) in [6.45, 7) is 0. The van der Waals surface area contributed by atoms with E-state index in [4.69, 9.17) is 9.97 Å². The highest BCUT2D eigenvalue weighted by atomic mass is 32.2. The predicted octanol–water partition coefficient (Wildman–Crippen LogP) is 11.7. The lowest BCUT2D eigenvalue weighted by molar-refractivity contribution is 0.690. The molecule has 1 unspecified atom stereocenters. The molecule has 4 heteroatoms. The lowest BCUT2D eigenvalue weighted by Gasteiger charge is -2.45. The van der Waals surface area contributed by atoms with Crippen molar-refractivity contribution in [3.63, 3.8) is 0 Å². The Morgan fingerprint density at radius 1 is 0.471 bits per heavy atom. The molecule has 0 radical (unpaired) electrons. The van der Waals surface area contributed by atoms with Gasteiger partial charge in [0.05, 0.1) is 33.5 Å². The fourth-order valence-electron chi connectivity index (χ4n) is 8.61. The number of nitrogens with zero attached hydrogens (tertiary/aromatic N) is 3. The first-order valence-electron chi connectivity index (χ1n) is 17.3. The van der Waals surface area contributed by atoms with Crippen LogP contribution in [0.15, 0.2) is 186 Å². The SMILES string of the molecule is c1ccc(-c2cc(-c3cccc4c3Sc3ccccc3C43c4ccccc4-n4c5ccccc5c5cccc3c54)nc(-c3ccccc3)n2)cc1. The molecule has 2 aliphatic heterocycles. The maximum atomic E-state index is 5.32. The summed E-state index contributed by atoms with van der Waals surface area (Å²) in [5.41, 5.74) is 13.4. The molecule has 0 fully saturated rings. The van der Waals surface area contributed by atoms with Crippen molar-refractivity contribution in [2.24, 2.45) is 0 Å². The third-order valence-electron chi connectivity index (χ3n) is 10.7. The molecule has 238 valence electrons. The van der Waals surface area contributed by atoms with Gasteiger partial charge in [-0.25, -0.2) is 9.97 Å². The molecular formula is C47H29N3S. The van der Waals surface area contributed by atoms with Gasteiger partial charge in [-0.3, -0.25) is 0 Å². The second-order valence-electron chi connectivity index (χ2n) is 13.3. The van der Waals surface area contributed by atoms with Gasteiger partial charge in [-0.15, -0.1) is 0 Å². The molecule has 0 saturated carbocycles. The lowest BCUT2D eigenvalue weighted by atomic mass is 9.62. The maximum Gasteiger partial charge on any atom is 0.160 e. The first-order valence-corrected chi connectivity index (χ1v) is 18.2. The number of rotatable bonds is 3. The average Bonchev–Trinajstić information content (AvgIpc) is 3.55. The van der Waals surface area contributed by atoms with Crippen LogP contribution in [0, 0.1) is 0 Å². The van der Waals surface area contributed by atoms with Gasteiger partial charge in [-0.05, 0) is 46.5 Å². The number of fused-ring (bicyclic) bond motifs is 11. The molecule has 1 spiro atoms. The van der Waals surface area contributed by atoms with E-state index in [1.165, 1.54) is 59.5 Å². The van der Waals surface area contributed by atoms with Crippen molar-refractivity contribution < 1.29 is 0 Å². The second kappa shape index (κ2) is 10.9. The van der Waals surface area contributed by atoms with Crippen molar-refractivity contribution >= 4 is 33.6 Å². The molecule has 2 aromatic heterocycles. The van der Waals surface area contributed by atoms with E-state index in [0.717, 1.165) is 33.9 Å². The topological polar surface area (TPSA) is 30.7 Å². The summed E-state index contributed by atoms with van der Waals surface area (Å²) in [5, 5.41) is 2.55. The molecule has 2 aliphatic rings. The van der Waals surface area contributed by atoms with Crippen molar-refractivity contribution in [3.05, 3.63) is 198 Å². The molecule has 0 amide bonds. The summed E-state index contributed by atoms with van der Waals surface area (Å²) in [7, 11) is 0. The molecule has 3 nitrogen and oxygen atoms in total. The van der Waals surface area contributed by atoms with E-state index in [0.29, 0.717) is 0 Å². The molecule has 7 aromatic carbocycles. The Balaban J connectivity index is 1.26. The Kier molecular flexibility index (Phi) is 6.10. The van der Waals surface area contributed by atoms with E-state index in [1.54, 1.807) is 0 Å². The van der Waals surface area contributed by atoms with Gasteiger partial charge in [-0.2, -0.15) is 0 Å². The van der Waals surface area contributed by atoms with Gasteiger partial charge >= 0.3 is 0 Å². The zero-order chi connectivity index (χ0) is 33.5. The molecule has 0 saturated heterocycles. The van der Waals surface area contributed by atoms with Crippen LogP contribution in [0.5, 0.6) is 0 Å². The van der Waals surface area contributed by atoms with Gasteiger partial charge in [0.2, 0.25) is 0 Å². The van der Waals surface area contributed by atoms with Crippen molar-refractivity contribution in [3.8, 4) is 39.6 Å². The molecule has 11 rings (SSSR count). The molecule has 51 heavy (non-hydrogen) atoms. The standard InChI is InChI=1S/C47H29N3S/c1-3-15-30(16-4-1)39-29-40(49-46(48-39)31-17-5-2-6-18-31)34-21-14-25-38-45(34)51-43-28-12-9-23-36(43)47(38)35-22-8-11-27-42(35)50-41-26-10-7-19-32(41)33-20-13-24-37(47)44(33)50/h1-29H. The highest BCUT2D eigenvalue weighted by Crippen LogP contribution is 2.61. The molecule has 0 bridgehead atoms. The number of aromatic nitrogens is 3. The zero-order valence-corrected chi connectivity index (χ0v) is 28.3. The first kappa shape index (κ1) is 28.6. The van der Waals surface area contributed by atoms with Gasteiger partial charge < -0.3 is 4.57 Å². The minimum Gasteiger partial charge on any atom is -0.309 e. The van der Waals surface area contributed by atoms with Crippen molar-refractivity contribution in [1.29, 1.82) is 0 Å². The van der Waals surface area contributed by atoms with Crippen LogP contribution in [0.25, 0.3) is 61.4 Å². The quantitative estimate of drug-likeness (QED) is 0.188. The predicted molar refractivity (Wildman–Crippen MR) is 209 cm³/mol.